The largest absolute Gasteiger partial charge is 0.243 e. The van der Waals surface area contributed by atoms with E-state index in [9.17, 15) is 8.42 Å². The molecule has 2 aromatic rings. The number of hydrogen-bond acceptors (Lipinski definition) is 3. The van der Waals surface area contributed by atoms with Gasteiger partial charge in [0, 0.05) is 11.4 Å². The van der Waals surface area contributed by atoms with Gasteiger partial charge in [0.15, 0.2) is 0 Å². The predicted octanol–water partition coefficient (Wildman–Crippen LogP) is 4.40. The maximum absolute atomic E-state index is 13.0. The van der Waals surface area contributed by atoms with Gasteiger partial charge >= 0.3 is 0 Å². The molecule has 3 rings (SSSR count). The van der Waals surface area contributed by atoms with E-state index in [4.69, 9.17) is 0 Å². The summed E-state index contributed by atoms with van der Waals surface area (Å²) < 4.78 is 27.6. The van der Waals surface area contributed by atoms with E-state index in [1.54, 1.807) is 27.8 Å². The highest BCUT2D eigenvalue weighted by molar-refractivity contribution is 7.89. The van der Waals surface area contributed by atoms with Crippen LogP contribution in [0.4, 0.5) is 0 Å². The summed E-state index contributed by atoms with van der Waals surface area (Å²) in [4.78, 5) is 1.54. The number of thiophene rings is 1. The SMILES string of the molecule is CC(C)c1ccc(S(=O)(=O)N2CCC[C@H]2c2cccs2)cc1. The van der Waals surface area contributed by atoms with Crippen molar-refractivity contribution in [2.45, 2.75) is 43.5 Å². The van der Waals surface area contributed by atoms with Gasteiger partial charge in [0.05, 0.1) is 10.9 Å². The molecule has 0 unspecified atom stereocenters. The van der Waals surface area contributed by atoms with E-state index in [1.807, 2.05) is 29.6 Å². The summed E-state index contributed by atoms with van der Waals surface area (Å²) in [5, 5.41) is 2.01. The Hall–Kier alpha value is -1.17. The first-order valence-corrected chi connectivity index (χ1v) is 9.97. The Morgan fingerprint density at radius 3 is 2.50 bits per heavy atom. The Bertz CT molecular complexity index is 719. The molecule has 1 aliphatic rings. The quantitative estimate of drug-likeness (QED) is 0.830. The summed E-state index contributed by atoms with van der Waals surface area (Å²) in [7, 11) is -3.42. The van der Waals surface area contributed by atoms with Crippen LogP contribution in [-0.4, -0.2) is 19.3 Å². The molecule has 5 heteroatoms. The second kappa shape index (κ2) is 6.14. The van der Waals surface area contributed by atoms with Crippen molar-refractivity contribution in [2.75, 3.05) is 6.54 Å². The Balaban J connectivity index is 1.91. The minimum absolute atomic E-state index is 0.00484. The van der Waals surface area contributed by atoms with Gasteiger partial charge in [0.1, 0.15) is 0 Å². The molecule has 0 amide bonds. The zero-order valence-electron chi connectivity index (χ0n) is 12.9. The molecule has 1 aromatic carbocycles. The van der Waals surface area contributed by atoms with Crippen molar-refractivity contribution >= 4 is 21.4 Å². The van der Waals surface area contributed by atoms with Crippen molar-refractivity contribution in [2.24, 2.45) is 0 Å². The summed E-state index contributed by atoms with van der Waals surface area (Å²) in [6.07, 6.45) is 1.83. The van der Waals surface area contributed by atoms with Crippen LogP contribution in [0.25, 0.3) is 0 Å². The lowest BCUT2D eigenvalue weighted by Gasteiger charge is -2.23. The van der Waals surface area contributed by atoms with Gasteiger partial charge < -0.3 is 0 Å². The summed E-state index contributed by atoms with van der Waals surface area (Å²) in [5.74, 6) is 0.405. The van der Waals surface area contributed by atoms with Crippen LogP contribution in [0.2, 0.25) is 0 Å². The van der Waals surface area contributed by atoms with E-state index < -0.39 is 10.0 Å². The zero-order chi connectivity index (χ0) is 15.7. The van der Waals surface area contributed by atoms with Gasteiger partial charge in [0.25, 0.3) is 0 Å². The molecule has 0 aliphatic carbocycles. The molecule has 1 saturated heterocycles. The lowest BCUT2D eigenvalue weighted by Crippen LogP contribution is -2.30. The van der Waals surface area contributed by atoms with Crippen LogP contribution >= 0.6 is 11.3 Å². The fourth-order valence-corrected chi connectivity index (χ4v) is 5.57. The second-order valence-corrected chi connectivity index (χ2v) is 8.88. The third kappa shape index (κ3) is 2.85. The lowest BCUT2D eigenvalue weighted by molar-refractivity contribution is 0.401. The molecule has 118 valence electrons. The zero-order valence-corrected chi connectivity index (χ0v) is 14.5. The molecule has 0 radical (unpaired) electrons. The maximum Gasteiger partial charge on any atom is 0.243 e. The third-order valence-electron chi connectivity index (χ3n) is 4.23. The summed E-state index contributed by atoms with van der Waals surface area (Å²) in [5.41, 5.74) is 1.16. The van der Waals surface area contributed by atoms with E-state index in [1.165, 1.54) is 0 Å². The van der Waals surface area contributed by atoms with Crippen molar-refractivity contribution in [1.29, 1.82) is 0 Å². The molecule has 1 aliphatic heterocycles. The van der Waals surface area contributed by atoms with Crippen molar-refractivity contribution in [1.82, 2.24) is 4.31 Å². The molecule has 0 N–H and O–H groups in total. The van der Waals surface area contributed by atoms with E-state index in [2.05, 4.69) is 13.8 Å². The Morgan fingerprint density at radius 2 is 1.91 bits per heavy atom. The molecular formula is C17H21NO2S2. The number of hydrogen-bond donors (Lipinski definition) is 0. The standard InChI is InChI=1S/C17H21NO2S2/c1-13(2)14-7-9-15(10-8-14)22(19,20)18-11-3-5-16(18)17-6-4-12-21-17/h4,6-10,12-13,16H,3,5,11H2,1-2H3/t16-/m0/s1. The third-order valence-corrected chi connectivity index (χ3v) is 7.12. The Morgan fingerprint density at radius 1 is 1.18 bits per heavy atom. The fraction of sp³-hybridized carbons (Fsp3) is 0.412. The lowest BCUT2D eigenvalue weighted by atomic mass is 10.0. The minimum Gasteiger partial charge on any atom is -0.207 e. The van der Waals surface area contributed by atoms with Crippen LogP contribution in [0.1, 0.15) is 49.1 Å². The van der Waals surface area contributed by atoms with E-state index in [-0.39, 0.29) is 6.04 Å². The molecule has 1 fully saturated rings. The van der Waals surface area contributed by atoms with Crippen molar-refractivity contribution in [3.63, 3.8) is 0 Å². The van der Waals surface area contributed by atoms with Crippen molar-refractivity contribution in [3.8, 4) is 0 Å². The highest BCUT2D eigenvalue weighted by Gasteiger charge is 2.36. The molecule has 0 saturated carbocycles. The monoisotopic (exact) mass is 335 g/mol. The van der Waals surface area contributed by atoms with Crippen LogP contribution in [0, 0.1) is 0 Å². The average Bonchev–Trinajstić information content (AvgIpc) is 3.18. The fourth-order valence-electron chi connectivity index (χ4n) is 2.95. The highest BCUT2D eigenvalue weighted by atomic mass is 32.2. The van der Waals surface area contributed by atoms with Crippen LogP contribution < -0.4 is 0 Å². The van der Waals surface area contributed by atoms with E-state index in [0.29, 0.717) is 17.4 Å². The maximum atomic E-state index is 13.0. The van der Waals surface area contributed by atoms with Crippen LogP contribution in [0.3, 0.4) is 0 Å². The van der Waals surface area contributed by atoms with E-state index >= 15 is 0 Å². The van der Waals surface area contributed by atoms with Gasteiger partial charge in [-0.1, -0.05) is 32.0 Å². The number of rotatable bonds is 4. The minimum atomic E-state index is -3.42. The first kappa shape index (κ1) is 15.7. The first-order valence-electron chi connectivity index (χ1n) is 7.65. The van der Waals surface area contributed by atoms with Crippen LogP contribution in [0.15, 0.2) is 46.7 Å². The number of nitrogens with zero attached hydrogens (tertiary/aromatic N) is 1. The van der Waals surface area contributed by atoms with Gasteiger partial charge in [-0.2, -0.15) is 4.31 Å². The van der Waals surface area contributed by atoms with Crippen molar-refractivity contribution in [3.05, 3.63) is 52.2 Å². The van der Waals surface area contributed by atoms with Gasteiger partial charge in [0.2, 0.25) is 10.0 Å². The molecule has 3 nitrogen and oxygen atoms in total. The molecular weight excluding hydrogens is 314 g/mol. The molecule has 0 bridgehead atoms. The normalized spacial score (nSPS) is 19.9. The molecule has 1 atom stereocenters. The summed E-state index contributed by atoms with van der Waals surface area (Å²) >= 11 is 1.64. The van der Waals surface area contributed by atoms with Crippen LogP contribution in [-0.2, 0) is 10.0 Å². The van der Waals surface area contributed by atoms with Gasteiger partial charge in [-0.15, -0.1) is 11.3 Å². The topological polar surface area (TPSA) is 37.4 Å². The van der Waals surface area contributed by atoms with E-state index in [0.717, 1.165) is 23.3 Å². The van der Waals surface area contributed by atoms with Crippen LogP contribution in [0.5, 0.6) is 0 Å². The van der Waals surface area contributed by atoms with Crippen molar-refractivity contribution < 1.29 is 8.42 Å². The Labute approximate surface area is 136 Å². The smallest absolute Gasteiger partial charge is 0.207 e. The molecule has 1 aromatic heterocycles. The Kier molecular flexibility index (Phi) is 4.39. The number of benzene rings is 1. The predicted molar refractivity (Wildman–Crippen MR) is 90.7 cm³/mol. The summed E-state index contributed by atoms with van der Waals surface area (Å²) in [6, 6.07) is 11.4. The van der Waals surface area contributed by atoms with Gasteiger partial charge in [-0.3, -0.25) is 0 Å². The first-order chi connectivity index (χ1) is 10.5. The van der Waals surface area contributed by atoms with Gasteiger partial charge in [-0.05, 0) is 47.9 Å². The highest BCUT2D eigenvalue weighted by Crippen LogP contribution is 2.38. The molecule has 22 heavy (non-hydrogen) atoms. The second-order valence-electron chi connectivity index (χ2n) is 6.01. The number of sulfonamides is 1. The molecule has 2 heterocycles. The van der Waals surface area contributed by atoms with Gasteiger partial charge in [-0.25, -0.2) is 8.42 Å². The molecule has 0 spiro atoms. The average molecular weight is 335 g/mol. The summed E-state index contributed by atoms with van der Waals surface area (Å²) in [6.45, 7) is 4.82.